The zero-order valence-corrected chi connectivity index (χ0v) is 13.7. The van der Waals surface area contributed by atoms with E-state index in [1.54, 1.807) is 13.1 Å². The predicted molar refractivity (Wildman–Crippen MR) is 86.9 cm³/mol. The van der Waals surface area contributed by atoms with Gasteiger partial charge in [-0.15, -0.1) is 23.7 Å². The van der Waals surface area contributed by atoms with Gasteiger partial charge >= 0.3 is 0 Å². The van der Waals surface area contributed by atoms with E-state index in [2.05, 4.69) is 5.32 Å². The van der Waals surface area contributed by atoms with E-state index in [1.165, 1.54) is 16.2 Å². The summed E-state index contributed by atoms with van der Waals surface area (Å²) in [4.78, 5) is 26.1. The lowest BCUT2D eigenvalue weighted by atomic mass is 9.92. The van der Waals surface area contributed by atoms with Crippen molar-refractivity contribution in [2.75, 3.05) is 13.6 Å². The van der Waals surface area contributed by atoms with Crippen molar-refractivity contribution in [2.45, 2.75) is 37.8 Å². The van der Waals surface area contributed by atoms with Crippen LogP contribution in [-0.2, 0) is 4.79 Å². The van der Waals surface area contributed by atoms with Gasteiger partial charge in [-0.3, -0.25) is 9.59 Å². The third-order valence-corrected chi connectivity index (χ3v) is 4.45. The van der Waals surface area contributed by atoms with E-state index in [9.17, 15) is 9.59 Å². The van der Waals surface area contributed by atoms with Gasteiger partial charge < -0.3 is 16.0 Å². The Hall–Kier alpha value is -1.11. The molecule has 0 aromatic carbocycles. The highest BCUT2D eigenvalue weighted by Gasteiger charge is 2.21. The van der Waals surface area contributed by atoms with Crippen molar-refractivity contribution < 1.29 is 9.59 Å². The van der Waals surface area contributed by atoms with Crippen molar-refractivity contribution in [3.05, 3.63) is 22.4 Å². The average molecular weight is 332 g/mol. The van der Waals surface area contributed by atoms with Crippen LogP contribution >= 0.6 is 23.7 Å². The fourth-order valence-corrected chi connectivity index (χ4v) is 3.13. The first-order chi connectivity index (χ1) is 9.56. The molecule has 1 heterocycles. The quantitative estimate of drug-likeness (QED) is 0.880. The van der Waals surface area contributed by atoms with Crippen LogP contribution < -0.4 is 11.1 Å². The molecule has 21 heavy (non-hydrogen) atoms. The molecule has 3 N–H and O–H groups in total. The number of hydrogen-bond donors (Lipinski definition) is 2. The van der Waals surface area contributed by atoms with Gasteiger partial charge in [0.25, 0.3) is 5.91 Å². The lowest BCUT2D eigenvalue weighted by molar-refractivity contribution is -0.122. The Labute approximate surface area is 135 Å². The van der Waals surface area contributed by atoms with Crippen LogP contribution in [0, 0.1) is 0 Å². The Kier molecular flexibility index (Phi) is 7.14. The van der Waals surface area contributed by atoms with Gasteiger partial charge in [-0.05, 0) is 37.1 Å². The largest absolute Gasteiger partial charge is 0.352 e. The van der Waals surface area contributed by atoms with E-state index in [-0.39, 0.29) is 42.8 Å². The maximum absolute atomic E-state index is 12.0. The van der Waals surface area contributed by atoms with Crippen LogP contribution in [0.25, 0.3) is 0 Å². The number of rotatable bonds is 4. The molecule has 2 rings (SSSR count). The summed E-state index contributed by atoms with van der Waals surface area (Å²) in [6.07, 6.45) is 3.76. The number of carbonyl (C=O) groups excluding carboxylic acids is 2. The van der Waals surface area contributed by atoms with Crippen LogP contribution in [0.15, 0.2) is 17.5 Å². The molecule has 0 unspecified atom stereocenters. The molecular weight excluding hydrogens is 310 g/mol. The number of hydrogen-bond acceptors (Lipinski definition) is 4. The van der Waals surface area contributed by atoms with E-state index >= 15 is 0 Å². The molecule has 0 spiro atoms. The molecule has 1 aromatic rings. The highest BCUT2D eigenvalue weighted by Crippen LogP contribution is 2.17. The van der Waals surface area contributed by atoms with E-state index in [0.29, 0.717) is 4.88 Å². The van der Waals surface area contributed by atoms with Gasteiger partial charge in [0.1, 0.15) is 0 Å². The highest BCUT2D eigenvalue weighted by atomic mass is 35.5. The minimum Gasteiger partial charge on any atom is -0.352 e. The summed E-state index contributed by atoms with van der Waals surface area (Å²) in [7, 11) is 1.65. The van der Waals surface area contributed by atoms with Gasteiger partial charge in [-0.1, -0.05) is 6.07 Å². The van der Waals surface area contributed by atoms with Crippen molar-refractivity contribution >= 4 is 35.6 Å². The number of thiophene rings is 1. The smallest absolute Gasteiger partial charge is 0.264 e. The Morgan fingerprint density at radius 2 is 2.05 bits per heavy atom. The maximum Gasteiger partial charge on any atom is 0.264 e. The molecule has 0 radical (unpaired) electrons. The summed E-state index contributed by atoms with van der Waals surface area (Å²) in [5.41, 5.74) is 5.84. The maximum atomic E-state index is 12.0. The summed E-state index contributed by atoms with van der Waals surface area (Å²) >= 11 is 1.39. The second-order valence-electron chi connectivity index (χ2n) is 5.32. The Morgan fingerprint density at radius 1 is 1.38 bits per heavy atom. The first-order valence-corrected chi connectivity index (χ1v) is 7.78. The molecule has 1 fully saturated rings. The molecule has 118 valence electrons. The third-order valence-electron chi connectivity index (χ3n) is 3.60. The predicted octanol–water partition coefficient (Wildman–Crippen LogP) is 1.63. The van der Waals surface area contributed by atoms with Crippen LogP contribution in [-0.4, -0.2) is 42.4 Å². The van der Waals surface area contributed by atoms with Crippen LogP contribution in [0.2, 0.25) is 0 Å². The summed E-state index contributed by atoms with van der Waals surface area (Å²) in [5, 5.41) is 4.84. The van der Waals surface area contributed by atoms with Gasteiger partial charge in [0, 0.05) is 19.1 Å². The molecule has 0 bridgehead atoms. The standard InChI is InChI=1S/C14H21N3O2S.ClH/c1-17(14(19)12-3-2-8-20-12)9-13(18)16-11-6-4-10(15)5-7-11;/h2-3,8,10-11H,4-7,9,15H2,1H3,(H,16,18);1H. The van der Waals surface area contributed by atoms with Crippen LogP contribution in [0.1, 0.15) is 35.4 Å². The fraction of sp³-hybridized carbons (Fsp3) is 0.571. The normalized spacial score (nSPS) is 21.2. The molecule has 5 nitrogen and oxygen atoms in total. The second-order valence-corrected chi connectivity index (χ2v) is 6.27. The lowest BCUT2D eigenvalue weighted by Crippen LogP contribution is -2.45. The Morgan fingerprint density at radius 3 is 2.62 bits per heavy atom. The van der Waals surface area contributed by atoms with Crippen molar-refractivity contribution in [3.8, 4) is 0 Å². The van der Waals surface area contributed by atoms with E-state index < -0.39 is 0 Å². The zero-order valence-electron chi connectivity index (χ0n) is 12.1. The van der Waals surface area contributed by atoms with E-state index in [1.807, 2.05) is 11.4 Å². The topological polar surface area (TPSA) is 75.4 Å². The molecule has 0 saturated heterocycles. The lowest BCUT2D eigenvalue weighted by Gasteiger charge is -2.27. The summed E-state index contributed by atoms with van der Waals surface area (Å²) in [6, 6.07) is 4.07. The highest BCUT2D eigenvalue weighted by molar-refractivity contribution is 7.12. The van der Waals surface area contributed by atoms with Gasteiger partial charge in [-0.2, -0.15) is 0 Å². The number of likely N-dealkylation sites (N-methyl/N-ethyl adjacent to an activating group) is 1. The first-order valence-electron chi connectivity index (χ1n) is 6.90. The Balaban J connectivity index is 0.00000220. The fourth-order valence-electron chi connectivity index (χ4n) is 2.41. The van der Waals surface area contributed by atoms with Crippen molar-refractivity contribution in [2.24, 2.45) is 5.73 Å². The number of nitrogens with zero attached hydrogens (tertiary/aromatic N) is 1. The number of amides is 2. The average Bonchev–Trinajstić information content (AvgIpc) is 2.94. The van der Waals surface area contributed by atoms with Crippen molar-refractivity contribution in [1.29, 1.82) is 0 Å². The van der Waals surface area contributed by atoms with E-state index in [4.69, 9.17) is 5.73 Å². The summed E-state index contributed by atoms with van der Waals surface area (Å²) in [5.74, 6) is -0.210. The van der Waals surface area contributed by atoms with Crippen LogP contribution in [0.5, 0.6) is 0 Å². The molecule has 0 atom stereocenters. The molecule has 1 aliphatic carbocycles. The number of nitrogens with one attached hydrogen (secondary N) is 1. The molecule has 1 aliphatic rings. The molecular formula is C14H22ClN3O2S. The molecule has 1 aromatic heterocycles. The minimum atomic E-state index is -0.110. The monoisotopic (exact) mass is 331 g/mol. The summed E-state index contributed by atoms with van der Waals surface area (Å²) in [6.45, 7) is 0.0965. The van der Waals surface area contributed by atoms with Gasteiger partial charge in [0.15, 0.2) is 0 Å². The van der Waals surface area contributed by atoms with Crippen LogP contribution in [0.3, 0.4) is 0 Å². The number of halogens is 1. The zero-order chi connectivity index (χ0) is 14.5. The third kappa shape index (κ3) is 5.30. The number of carbonyl (C=O) groups is 2. The molecule has 0 aliphatic heterocycles. The molecule has 7 heteroatoms. The second kappa shape index (κ2) is 8.36. The van der Waals surface area contributed by atoms with Gasteiger partial charge in [-0.25, -0.2) is 0 Å². The molecule has 1 saturated carbocycles. The SMILES string of the molecule is CN(CC(=O)NC1CCC(N)CC1)C(=O)c1cccs1.Cl. The van der Waals surface area contributed by atoms with Gasteiger partial charge in [0.2, 0.25) is 5.91 Å². The Bertz CT molecular complexity index is 459. The van der Waals surface area contributed by atoms with Crippen LogP contribution in [0.4, 0.5) is 0 Å². The van der Waals surface area contributed by atoms with Gasteiger partial charge in [0.05, 0.1) is 11.4 Å². The number of nitrogens with two attached hydrogens (primary N) is 1. The molecule has 2 amide bonds. The van der Waals surface area contributed by atoms with Crippen molar-refractivity contribution in [1.82, 2.24) is 10.2 Å². The van der Waals surface area contributed by atoms with E-state index in [0.717, 1.165) is 25.7 Å². The first kappa shape index (κ1) is 17.9. The minimum absolute atomic E-state index is 0. The van der Waals surface area contributed by atoms with Crippen molar-refractivity contribution in [3.63, 3.8) is 0 Å². The summed E-state index contributed by atoms with van der Waals surface area (Å²) < 4.78 is 0.